The van der Waals surface area contributed by atoms with Crippen molar-refractivity contribution in [2.75, 3.05) is 13.1 Å². The highest BCUT2D eigenvalue weighted by Crippen LogP contribution is 2.48. The van der Waals surface area contributed by atoms with Crippen LogP contribution in [0, 0.1) is 17.8 Å². The zero-order valence-corrected chi connectivity index (χ0v) is 11.7. The molecule has 0 aromatic heterocycles. The maximum atomic E-state index is 12.1. The monoisotopic (exact) mass is 264 g/mol. The first kappa shape index (κ1) is 13.1. The Morgan fingerprint density at radius 2 is 1.84 bits per heavy atom. The summed E-state index contributed by atoms with van der Waals surface area (Å²) in [6.45, 7) is 3.50. The second kappa shape index (κ2) is 5.23. The maximum absolute atomic E-state index is 12.1. The van der Waals surface area contributed by atoms with E-state index in [0.29, 0.717) is 13.0 Å². The molecule has 19 heavy (non-hydrogen) atoms. The summed E-state index contributed by atoms with van der Waals surface area (Å²) in [5, 5.41) is 3.38. The Hall–Kier alpha value is -0.900. The van der Waals surface area contributed by atoms with Crippen molar-refractivity contribution in [1.29, 1.82) is 0 Å². The quantitative estimate of drug-likeness (QED) is 0.710. The molecular formula is C15H24N2O2. The van der Waals surface area contributed by atoms with Crippen LogP contribution in [-0.4, -0.2) is 35.8 Å². The average Bonchev–Trinajstić information content (AvgIpc) is 3.26. The van der Waals surface area contributed by atoms with Crippen molar-refractivity contribution in [3.05, 3.63) is 0 Å². The van der Waals surface area contributed by atoms with E-state index in [0.717, 1.165) is 30.7 Å². The molecule has 3 aliphatic rings. The van der Waals surface area contributed by atoms with E-state index in [4.69, 9.17) is 0 Å². The molecule has 0 aromatic rings. The Balaban J connectivity index is 1.52. The number of amides is 2. The summed E-state index contributed by atoms with van der Waals surface area (Å²) < 4.78 is 0. The van der Waals surface area contributed by atoms with E-state index in [1.165, 1.54) is 30.6 Å². The van der Waals surface area contributed by atoms with Gasteiger partial charge in [0.2, 0.25) is 11.8 Å². The molecule has 1 N–H and O–H groups in total. The van der Waals surface area contributed by atoms with E-state index in [-0.39, 0.29) is 17.9 Å². The van der Waals surface area contributed by atoms with Crippen LogP contribution in [0.2, 0.25) is 0 Å². The lowest BCUT2D eigenvalue weighted by atomic mass is 9.97. The van der Waals surface area contributed by atoms with Crippen LogP contribution in [0.3, 0.4) is 0 Å². The molecule has 1 atom stereocenters. The summed E-state index contributed by atoms with van der Waals surface area (Å²) in [4.78, 5) is 25.4. The van der Waals surface area contributed by atoms with Gasteiger partial charge in [-0.25, -0.2) is 0 Å². The number of carbonyl (C=O) groups is 2. The lowest BCUT2D eigenvalue weighted by Gasteiger charge is -2.19. The normalized spacial score (nSPS) is 27.7. The van der Waals surface area contributed by atoms with Gasteiger partial charge in [-0.2, -0.15) is 0 Å². The van der Waals surface area contributed by atoms with Gasteiger partial charge in [-0.1, -0.05) is 6.92 Å². The minimum atomic E-state index is -0.251. The van der Waals surface area contributed by atoms with Crippen molar-refractivity contribution in [2.24, 2.45) is 17.8 Å². The Bertz CT molecular complexity index is 362. The summed E-state index contributed by atoms with van der Waals surface area (Å²) in [5.41, 5.74) is 0. The third kappa shape index (κ3) is 2.83. The average molecular weight is 264 g/mol. The first-order valence-electron chi connectivity index (χ1n) is 7.78. The van der Waals surface area contributed by atoms with Gasteiger partial charge >= 0.3 is 0 Å². The van der Waals surface area contributed by atoms with Gasteiger partial charge in [-0.15, -0.1) is 0 Å². The largest absolute Gasteiger partial charge is 0.305 e. The van der Waals surface area contributed by atoms with E-state index in [9.17, 15) is 9.59 Å². The van der Waals surface area contributed by atoms with Crippen molar-refractivity contribution in [2.45, 2.75) is 51.5 Å². The molecule has 1 aliphatic heterocycles. The molecule has 4 heteroatoms. The van der Waals surface area contributed by atoms with Gasteiger partial charge in [0.1, 0.15) is 0 Å². The zero-order chi connectivity index (χ0) is 13.4. The molecule has 2 aliphatic carbocycles. The number of likely N-dealkylation sites (tertiary alicyclic amines) is 1. The Labute approximate surface area is 114 Å². The molecule has 1 unspecified atom stereocenters. The van der Waals surface area contributed by atoms with Crippen molar-refractivity contribution in [1.82, 2.24) is 10.2 Å². The molecule has 2 saturated carbocycles. The van der Waals surface area contributed by atoms with E-state index in [1.807, 2.05) is 6.92 Å². The Kier molecular flexibility index (Phi) is 3.61. The van der Waals surface area contributed by atoms with Gasteiger partial charge in [-0.3, -0.25) is 14.5 Å². The van der Waals surface area contributed by atoms with Crippen LogP contribution in [0.25, 0.3) is 0 Å². The van der Waals surface area contributed by atoms with Crippen molar-refractivity contribution >= 4 is 11.8 Å². The van der Waals surface area contributed by atoms with Gasteiger partial charge in [0, 0.05) is 6.54 Å². The first-order valence-corrected chi connectivity index (χ1v) is 7.78. The molecule has 1 heterocycles. The van der Waals surface area contributed by atoms with E-state index in [2.05, 4.69) is 5.32 Å². The molecule has 3 fully saturated rings. The summed E-state index contributed by atoms with van der Waals surface area (Å²) in [6.07, 6.45) is 6.66. The Morgan fingerprint density at radius 1 is 1.21 bits per heavy atom. The van der Waals surface area contributed by atoms with E-state index >= 15 is 0 Å². The van der Waals surface area contributed by atoms with E-state index in [1.54, 1.807) is 0 Å². The molecule has 0 radical (unpaired) electrons. The number of rotatable bonds is 7. The number of hydrogen-bond acceptors (Lipinski definition) is 3. The van der Waals surface area contributed by atoms with Crippen molar-refractivity contribution in [3.8, 4) is 0 Å². The maximum Gasteiger partial charge on any atom is 0.246 e. The second-order valence-corrected chi connectivity index (χ2v) is 6.39. The van der Waals surface area contributed by atoms with Crippen LogP contribution >= 0.6 is 0 Å². The molecule has 106 valence electrons. The number of imide groups is 1. The fourth-order valence-electron chi connectivity index (χ4n) is 3.35. The topological polar surface area (TPSA) is 49.4 Å². The highest BCUT2D eigenvalue weighted by molar-refractivity contribution is 6.05. The Morgan fingerprint density at radius 3 is 2.37 bits per heavy atom. The molecule has 0 bridgehead atoms. The van der Waals surface area contributed by atoms with Gasteiger partial charge in [0.15, 0.2) is 0 Å². The molecule has 0 aromatic carbocycles. The van der Waals surface area contributed by atoms with Gasteiger partial charge < -0.3 is 5.32 Å². The lowest BCUT2D eigenvalue weighted by Crippen LogP contribution is -2.41. The van der Waals surface area contributed by atoms with Crippen LogP contribution in [-0.2, 0) is 9.59 Å². The smallest absolute Gasteiger partial charge is 0.246 e. The van der Waals surface area contributed by atoms with Crippen LogP contribution in [0.4, 0.5) is 0 Å². The second-order valence-electron chi connectivity index (χ2n) is 6.39. The predicted octanol–water partition coefficient (Wildman–Crippen LogP) is 1.55. The SMILES string of the molecule is CCCN1C(=O)CC(NCC(C2CC2)C2CC2)C1=O. The number of nitrogens with one attached hydrogen (secondary N) is 1. The van der Waals surface area contributed by atoms with Crippen LogP contribution in [0.15, 0.2) is 0 Å². The number of nitrogens with zero attached hydrogens (tertiary/aromatic N) is 1. The lowest BCUT2D eigenvalue weighted by molar-refractivity contribution is -0.138. The third-order valence-electron chi connectivity index (χ3n) is 4.75. The van der Waals surface area contributed by atoms with Gasteiger partial charge in [0.25, 0.3) is 0 Å². The fourth-order valence-corrected chi connectivity index (χ4v) is 3.35. The first-order chi connectivity index (χ1) is 9.20. The molecule has 0 spiro atoms. The molecule has 4 nitrogen and oxygen atoms in total. The van der Waals surface area contributed by atoms with Crippen LogP contribution in [0.5, 0.6) is 0 Å². The highest BCUT2D eigenvalue weighted by Gasteiger charge is 2.43. The van der Waals surface area contributed by atoms with E-state index < -0.39 is 0 Å². The third-order valence-corrected chi connectivity index (χ3v) is 4.75. The minimum Gasteiger partial charge on any atom is -0.305 e. The number of hydrogen-bond donors (Lipinski definition) is 1. The number of carbonyl (C=O) groups excluding carboxylic acids is 2. The molecule has 1 saturated heterocycles. The summed E-state index contributed by atoms with van der Waals surface area (Å²) in [5.74, 6) is 2.52. The standard InChI is InChI=1S/C15H24N2O2/c1-2-7-17-14(18)8-13(15(17)19)16-9-12(10-3-4-10)11-5-6-11/h10-13,16H,2-9H2,1H3. The molecule has 3 rings (SSSR count). The van der Waals surface area contributed by atoms with Crippen LogP contribution < -0.4 is 5.32 Å². The molecular weight excluding hydrogens is 240 g/mol. The van der Waals surface area contributed by atoms with Gasteiger partial charge in [0.05, 0.1) is 12.5 Å². The van der Waals surface area contributed by atoms with Crippen molar-refractivity contribution < 1.29 is 9.59 Å². The highest BCUT2D eigenvalue weighted by atomic mass is 16.2. The van der Waals surface area contributed by atoms with Crippen LogP contribution in [0.1, 0.15) is 45.4 Å². The summed E-state index contributed by atoms with van der Waals surface area (Å²) >= 11 is 0. The van der Waals surface area contributed by atoms with Gasteiger partial charge in [-0.05, 0) is 56.4 Å². The summed E-state index contributed by atoms with van der Waals surface area (Å²) in [7, 11) is 0. The molecule has 2 amide bonds. The minimum absolute atomic E-state index is 0.00116. The fraction of sp³-hybridized carbons (Fsp3) is 0.867. The predicted molar refractivity (Wildman–Crippen MR) is 72.4 cm³/mol. The van der Waals surface area contributed by atoms with Crippen molar-refractivity contribution in [3.63, 3.8) is 0 Å². The summed E-state index contributed by atoms with van der Waals surface area (Å²) in [6, 6.07) is -0.251. The zero-order valence-electron chi connectivity index (χ0n) is 11.7.